The normalized spacial score (nSPS) is 11.7. The van der Waals surface area contributed by atoms with Crippen molar-refractivity contribution in [2.24, 2.45) is 0 Å². The van der Waals surface area contributed by atoms with Crippen LogP contribution in [0, 0.1) is 0 Å². The van der Waals surface area contributed by atoms with Crippen molar-refractivity contribution in [2.75, 3.05) is 0 Å². The first-order chi connectivity index (χ1) is 11.1. The average Bonchev–Trinajstić information content (AvgIpc) is 2.92. The molecule has 4 heteroatoms. The molecule has 4 nitrogen and oxygen atoms in total. The van der Waals surface area contributed by atoms with E-state index >= 15 is 0 Å². The van der Waals surface area contributed by atoms with Crippen LogP contribution in [-0.2, 0) is 27.4 Å². The predicted molar refractivity (Wildman–Crippen MR) is 86.0 cm³/mol. The van der Waals surface area contributed by atoms with Gasteiger partial charge in [0.1, 0.15) is 6.61 Å². The minimum absolute atomic E-state index is 0.00879. The Morgan fingerprint density at radius 1 is 1.00 bits per heavy atom. The van der Waals surface area contributed by atoms with Crippen molar-refractivity contribution in [3.63, 3.8) is 0 Å². The first kappa shape index (κ1) is 15.3. The number of rotatable bonds is 6. The maximum absolute atomic E-state index is 11.7. The fourth-order valence-corrected chi connectivity index (χ4v) is 2.97. The van der Waals surface area contributed by atoms with Crippen LogP contribution in [0.2, 0.25) is 0 Å². The molecule has 0 spiro atoms. The third-order valence-corrected chi connectivity index (χ3v) is 4.11. The van der Waals surface area contributed by atoms with Gasteiger partial charge in [0, 0.05) is 12.8 Å². The molecule has 1 N–H and O–H groups in total. The highest BCUT2D eigenvalue weighted by molar-refractivity contribution is 5.78. The van der Waals surface area contributed by atoms with E-state index < -0.39 is 5.97 Å². The molecule has 3 rings (SSSR count). The van der Waals surface area contributed by atoms with Gasteiger partial charge in [0.25, 0.3) is 0 Å². The van der Waals surface area contributed by atoms with Crippen molar-refractivity contribution in [1.29, 1.82) is 0 Å². The molecule has 1 aliphatic carbocycles. The Morgan fingerprint density at radius 3 is 2.61 bits per heavy atom. The van der Waals surface area contributed by atoms with Gasteiger partial charge in [-0.15, -0.1) is 0 Å². The lowest BCUT2D eigenvalue weighted by molar-refractivity contribution is -0.145. The third kappa shape index (κ3) is 3.42. The second kappa shape index (κ2) is 6.65. The first-order valence-corrected chi connectivity index (χ1v) is 7.71. The Labute approximate surface area is 134 Å². The molecule has 0 amide bonds. The van der Waals surface area contributed by atoms with Crippen LogP contribution in [0.4, 0.5) is 0 Å². The summed E-state index contributed by atoms with van der Waals surface area (Å²) in [7, 11) is 0. The number of carboxylic acids is 1. The van der Waals surface area contributed by atoms with Crippen LogP contribution in [0.15, 0.2) is 42.5 Å². The summed E-state index contributed by atoms with van der Waals surface area (Å²) in [6.07, 6.45) is 1.30. The van der Waals surface area contributed by atoms with Gasteiger partial charge in [0.15, 0.2) is 0 Å². The number of hydrogen-bond donors (Lipinski definition) is 1. The Balaban J connectivity index is 1.65. The minimum atomic E-state index is -0.892. The van der Waals surface area contributed by atoms with Crippen LogP contribution in [0.5, 0.6) is 0 Å². The zero-order valence-corrected chi connectivity index (χ0v) is 12.7. The monoisotopic (exact) mass is 310 g/mol. The van der Waals surface area contributed by atoms with Gasteiger partial charge >= 0.3 is 11.9 Å². The van der Waals surface area contributed by atoms with Gasteiger partial charge in [0.2, 0.25) is 0 Å². The van der Waals surface area contributed by atoms with Crippen molar-refractivity contribution in [2.45, 2.75) is 32.3 Å². The summed E-state index contributed by atoms with van der Waals surface area (Å²) in [5.41, 5.74) is 5.98. The summed E-state index contributed by atoms with van der Waals surface area (Å²) in [6.45, 7) is 0.239. The third-order valence-electron chi connectivity index (χ3n) is 4.11. The molecule has 0 unspecified atom stereocenters. The van der Waals surface area contributed by atoms with Gasteiger partial charge in [-0.05, 0) is 40.7 Å². The first-order valence-electron chi connectivity index (χ1n) is 7.71. The molecule has 0 aromatic heterocycles. The molecule has 1 aliphatic rings. The van der Waals surface area contributed by atoms with Crippen LogP contribution in [0.3, 0.4) is 0 Å². The zero-order chi connectivity index (χ0) is 16.2. The van der Waals surface area contributed by atoms with Crippen LogP contribution in [0.25, 0.3) is 11.1 Å². The van der Waals surface area contributed by atoms with E-state index in [1.54, 1.807) is 0 Å². The quantitative estimate of drug-likeness (QED) is 0.707. The van der Waals surface area contributed by atoms with Crippen molar-refractivity contribution in [3.05, 3.63) is 59.2 Å². The maximum Gasteiger partial charge on any atom is 0.306 e. The van der Waals surface area contributed by atoms with Crippen LogP contribution >= 0.6 is 0 Å². The summed E-state index contributed by atoms with van der Waals surface area (Å²) in [5.74, 6) is -1.24. The SMILES string of the molecule is O=C(O)CCCC(=O)OCc1cccc2c1Cc1ccccc1-2. The molecule has 0 atom stereocenters. The smallest absolute Gasteiger partial charge is 0.306 e. The molecule has 0 heterocycles. The molecule has 0 saturated carbocycles. The van der Waals surface area contributed by atoms with E-state index in [0.29, 0.717) is 6.42 Å². The van der Waals surface area contributed by atoms with E-state index in [0.717, 1.165) is 12.0 Å². The second-order valence-electron chi connectivity index (χ2n) is 5.69. The van der Waals surface area contributed by atoms with E-state index in [1.807, 2.05) is 24.3 Å². The Kier molecular flexibility index (Phi) is 4.42. The molecule has 0 bridgehead atoms. The molecule has 23 heavy (non-hydrogen) atoms. The largest absolute Gasteiger partial charge is 0.481 e. The molecular weight excluding hydrogens is 292 g/mol. The summed E-state index contributed by atoms with van der Waals surface area (Å²) in [5, 5.41) is 8.57. The molecule has 0 radical (unpaired) electrons. The van der Waals surface area contributed by atoms with E-state index in [4.69, 9.17) is 9.84 Å². The van der Waals surface area contributed by atoms with Gasteiger partial charge < -0.3 is 9.84 Å². The second-order valence-corrected chi connectivity index (χ2v) is 5.69. The number of hydrogen-bond acceptors (Lipinski definition) is 3. The summed E-state index contributed by atoms with van der Waals surface area (Å²) >= 11 is 0. The minimum Gasteiger partial charge on any atom is -0.481 e. The molecule has 118 valence electrons. The molecule has 2 aromatic carbocycles. The predicted octanol–water partition coefficient (Wildman–Crippen LogP) is 3.56. The number of carbonyl (C=O) groups is 2. The van der Waals surface area contributed by atoms with Crippen molar-refractivity contribution >= 4 is 11.9 Å². The van der Waals surface area contributed by atoms with Crippen LogP contribution in [-0.4, -0.2) is 17.0 Å². The zero-order valence-electron chi connectivity index (χ0n) is 12.7. The highest BCUT2D eigenvalue weighted by Crippen LogP contribution is 2.38. The van der Waals surface area contributed by atoms with Crippen molar-refractivity contribution in [3.8, 4) is 11.1 Å². The summed E-state index contributed by atoms with van der Waals surface area (Å²) in [4.78, 5) is 22.1. The molecular formula is C19H18O4. The standard InChI is InChI=1S/C19H18O4/c20-18(21)9-4-10-19(22)23-12-14-6-3-8-16-15-7-2-1-5-13(15)11-17(14)16/h1-3,5-8H,4,9-12H2,(H,20,21). The lowest BCUT2D eigenvalue weighted by Crippen LogP contribution is -2.07. The van der Waals surface area contributed by atoms with Gasteiger partial charge in [-0.25, -0.2) is 0 Å². The van der Waals surface area contributed by atoms with E-state index in [9.17, 15) is 9.59 Å². The number of carboxylic acid groups (broad SMARTS) is 1. The van der Waals surface area contributed by atoms with Crippen LogP contribution < -0.4 is 0 Å². The van der Waals surface area contributed by atoms with Gasteiger partial charge in [0.05, 0.1) is 0 Å². The highest BCUT2D eigenvalue weighted by Gasteiger charge is 2.20. The lowest BCUT2D eigenvalue weighted by atomic mass is 10.0. The van der Waals surface area contributed by atoms with E-state index in [-0.39, 0.29) is 25.4 Å². The maximum atomic E-state index is 11.7. The molecule has 0 saturated heterocycles. The number of fused-ring (bicyclic) bond motifs is 3. The van der Waals surface area contributed by atoms with Crippen molar-refractivity contribution < 1.29 is 19.4 Å². The highest BCUT2D eigenvalue weighted by atomic mass is 16.5. The topological polar surface area (TPSA) is 63.6 Å². The Hall–Kier alpha value is -2.62. The van der Waals surface area contributed by atoms with Crippen molar-refractivity contribution in [1.82, 2.24) is 0 Å². The number of ether oxygens (including phenoxy) is 1. The summed E-state index contributed by atoms with van der Waals surface area (Å²) < 4.78 is 5.30. The fourth-order valence-electron chi connectivity index (χ4n) is 2.97. The van der Waals surface area contributed by atoms with E-state index in [1.165, 1.54) is 22.3 Å². The van der Waals surface area contributed by atoms with E-state index in [2.05, 4.69) is 18.2 Å². The Morgan fingerprint density at radius 2 is 1.78 bits per heavy atom. The average molecular weight is 310 g/mol. The van der Waals surface area contributed by atoms with Crippen LogP contribution in [0.1, 0.15) is 36.0 Å². The Bertz CT molecular complexity index is 749. The fraction of sp³-hybridized carbons (Fsp3) is 0.263. The lowest BCUT2D eigenvalue weighted by Gasteiger charge is -2.09. The van der Waals surface area contributed by atoms with Gasteiger partial charge in [-0.2, -0.15) is 0 Å². The molecule has 2 aromatic rings. The van der Waals surface area contributed by atoms with Gasteiger partial charge in [-0.1, -0.05) is 42.5 Å². The number of aliphatic carboxylic acids is 1. The number of esters is 1. The molecule has 0 aliphatic heterocycles. The molecule has 0 fully saturated rings. The number of carbonyl (C=O) groups excluding carboxylic acids is 1. The summed E-state index contributed by atoms with van der Waals surface area (Å²) in [6, 6.07) is 14.4. The number of benzene rings is 2. The van der Waals surface area contributed by atoms with Gasteiger partial charge in [-0.3, -0.25) is 9.59 Å².